The Balaban J connectivity index is 1.56. The molecule has 40 heavy (non-hydrogen) atoms. The Morgan fingerprint density at radius 3 is 1.90 bits per heavy atom. The third-order valence-corrected chi connectivity index (χ3v) is 6.52. The highest BCUT2D eigenvalue weighted by Gasteiger charge is 2.28. The molecule has 0 aliphatic carbocycles. The van der Waals surface area contributed by atoms with Crippen LogP contribution in [0.3, 0.4) is 0 Å². The van der Waals surface area contributed by atoms with Crippen LogP contribution in [0.4, 0.5) is 0 Å². The third kappa shape index (κ3) is 7.65. The fourth-order valence-electron chi connectivity index (χ4n) is 4.54. The van der Waals surface area contributed by atoms with Gasteiger partial charge >= 0.3 is 0 Å². The van der Waals surface area contributed by atoms with Crippen molar-refractivity contribution in [3.05, 3.63) is 143 Å². The Kier molecular flexibility index (Phi) is 9.41. The number of amides is 3. The number of nitrogens with zero attached hydrogens (tertiary/aromatic N) is 1. The fourth-order valence-corrected chi connectivity index (χ4v) is 4.54. The molecule has 0 heterocycles. The summed E-state index contributed by atoms with van der Waals surface area (Å²) >= 11 is 0. The molecule has 0 radical (unpaired) electrons. The predicted molar refractivity (Wildman–Crippen MR) is 153 cm³/mol. The van der Waals surface area contributed by atoms with Gasteiger partial charge in [0.15, 0.2) is 0 Å². The van der Waals surface area contributed by atoms with Crippen molar-refractivity contribution in [2.45, 2.75) is 31.3 Å². The van der Waals surface area contributed by atoms with E-state index in [2.05, 4.69) is 16.7 Å². The number of nitrogens with two attached hydrogens (primary N) is 1. The predicted octanol–water partition coefficient (Wildman–Crippen LogP) is 3.76. The molecule has 1 unspecified atom stereocenters. The van der Waals surface area contributed by atoms with Gasteiger partial charge in [-0.2, -0.15) is 5.26 Å². The van der Waals surface area contributed by atoms with Crippen LogP contribution in [0.1, 0.15) is 39.3 Å². The molecule has 3 amide bonds. The monoisotopic (exact) mass is 530 g/mol. The zero-order valence-corrected chi connectivity index (χ0v) is 21.9. The van der Waals surface area contributed by atoms with Gasteiger partial charge in [0.25, 0.3) is 0 Å². The van der Waals surface area contributed by atoms with E-state index in [-0.39, 0.29) is 31.2 Å². The maximum absolute atomic E-state index is 13.8. The summed E-state index contributed by atoms with van der Waals surface area (Å²) < 4.78 is 0. The number of primary amides is 1. The summed E-state index contributed by atoms with van der Waals surface area (Å²) in [4.78, 5) is 38.4. The first-order valence-electron chi connectivity index (χ1n) is 13.0. The average Bonchev–Trinajstić information content (AvgIpc) is 2.97. The number of nitriles is 1. The van der Waals surface area contributed by atoms with Crippen LogP contribution in [0, 0.1) is 11.3 Å². The van der Waals surface area contributed by atoms with Gasteiger partial charge in [0.2, 0.25) is 17.7 Å². The highest BCUT2D eigenvalue weighted by molar-refractivity contribution is 5.92. The van der Waals surface area contributed by atoms with Crippen molar-refractivity contribution >= 4 is 17.7 Å². The number of rotatable bonds is 11. The maximum Gasteiger partial charge on any atom is 0.243 e. The van der Waals surface area contributed by atoms with E-state index >= 15 is 0 Å². The summed E-state index contributed by atoms with van der Waals surface area (Å²) in [7, 11) is 0. The number of hydrogen-bond acceptors (Lipinski definition) is 4. The van der Waals surface area contributed by atoms with Crippen LogP contribution in [-0.4, -0.2) is 23.8 Å². The third-order valence-electron chi connectivity index (χ3n) is 6.52. The number of benzene rings is 4. The molecule has 4 rings (SSSR count). The van der Waals surface area contributed by atoms with Crippen molar-refractivity contribution in [1.29, 1.82) is 5.26 Å². The SMILES string of the molecule is N#Cc1cccc(CC(NC(=O)C(c2ccccc2)c2ccccc2)C(=O)NCc2ccc(CC(N)=O)cc2)c1. The molecule has 4 aromatic carbocycles. The van der Waals surface area contributed by atoms with Gasteiger partial charge in [-0.05, 0) is 39.9 Å². The second-order valence-electron chi connectivity index (χ2n) is 9.51. The van der Waals surface area contributed by atoms with E-state index in [1.807, 2.05) is 78.9 Å². The molecule has 0 saturated carbocycles. The highest BCUT2D eigenvalue weighted by atomic mass is 16.2. The first-order valence-corrected chi connectivity index (χ1v) is 13.0. The van der Waals surface area contributed by atoms with Gasteiger partial charge in [-0.15, -0.1) is 0 Å². The Bertz CT molecular complexity index is 1460. The Labute approximate surface area is 233 Å². The van der Waals surface area contributed by atoms with Crippen molar-refractivity contribution in [2.75, 3.05) is 0 Å². The highest BCUT2D eigenvalue weighted by Crippen LogP contribution is 2.25. The van der Waals surface area contributed by atoms with Crippen LogP contribution in [0.2, 0.25) is 0 Å². The van der Waals surface area contributed by atoms with Gasteiger partial charge in [-0.1, -0.05) is 97.1 Å². The van der Waals surface area contributed by atoms with Gasteiger partial charge in [0.05, 0.1) is 24.0 Å². The van der Waals surface area contributed by atoms with Gasteiger partial charge < -0.3 is 16.4 Å². The molecule has 4 aromatic rings. The molecule has 0 bridgehead atoms. The standard InChI is InChI=1S/C33H30N4O3/c34-21-26-9-7-8-25(18-26)19-29(32(39)36-22-24-16-14-23(15-17-24)20-30(35)38)37-33(40)31(27-10-3-1-4-11-27)28-12-5-2-6-13-28/h1-18,29,31H,19-20,22H2,(H2,35,38)(H,36,39)(H,37,40). The van der Waals surface area contributed by atoms with E-state index in [0.29, 0.717) is 5.56 Å². The summed E-state index contributed by atoms with van der Waals surface area (Å²) in [6, 6.07) is 34.3. The topological polar surface area (TPSA) is 125 Å². The quantitative estimate of drug-likeness (QED) is 0.273. The van der Waals surface area contributed by atoms with Crippen LogP contribution in [0.15, 0.2) is 109 Å². The lowest BCUT2D eigenvalue weighted by molar-refractivity contribution is -0.129. The van der Waals surface area contributed by atoms with E-state index < -0.39 is 17.9 Å². The molecule has 0 saturated heterocycles. The number of nitrogens with one attached hydrogen (secondary N) is 2. The first-order chi connectivity index (χ1) is 19.4. The Morgan fingerprint density at radius 1 is 0.725 bits per heavy atom. The summed E-state index contributed by atoms with van der Waals surface area (Å²) in [5.74, 6) is -1.67. The average molecular weight is 531 g/mol. The molecule has 4 N–H and O–H groups in total. The van der Waals surface area contributed by atoms with Crippen molar-refractivity contribution in [2.24, 2.45) is 5.73 Å². The van der Waals surface area contributed by atoms with Crippen molar-refractivity contribution in [3.8, 4) is 6.07 Å². The Morgan fingerprint density at radius 2 is 1.32 bits per heavy atom. The second-order valence-corrected chi connectivity index (χ2v) is 9.51. The van der Waals surface area contributed by atoms with Crippen LogP contribution < -0.4 is 16.4 Å². The molecule has 7 heteroatoms. The van der Waals surface area contributed by atoms with Gasteiger partial charge in [-0.3, -0.25) is 14.4 Å². The van der Waals surface area contributed by atoms with E-state index in [1.54, 1.807) is 30.3 Å². The fraction of sp³-hybridized carbons (Fsp3) is 0.152. The molecular weight excluding hydrogens is 500 g/mol. The van der Waals surface area contributed by atoms with Crippen LogP contribution in [-0.2, 0) is 33.8 Å². The molecule has 7 nitrogen and oxygen atoms in total. The lowest BCUT2D eigenvalue weighted by Crippen LogP contribution is -2.49. The molecule has 0 fully saturated rings. The van der Waals surface area contributed by atoms with E-state index in [0.717, 1.165) is 27.8 Å². The molecule has 1 atom stereocenters. The van der Waals surface area contributed by atoms with Crippen molar-refractivity contribution < 1.29 is 14.4 Å². The molecule has 200 valence electrons. The lowest BCUT2D eigenvalue weighted by Gasteiger charge is -2.23. The zero-order chi connectivity index (χ0) is 28.3. The summed E-state index contributed by atoms with van der Waals surface area (Å²) in [5.41, 5.74) is 9.75. The first kappa shape index (κ1) is 27.8. The smallest absolute Gasteiger partial charge is 0.243 e. The minimum Gasteiger partial charge on any atom is -0.369 e. The second kappa shape index (κ2) is 13.5. The van der Waals surface area contributed by atoms with Gasteiger partial charge in [0.1, 0.15) is 6.04 Å². The largest absolute Gasteiger partial charge is 0.369 e. The van der Waals surface area contributed by atoms with E-state index in [9.17, 15) is 19.6 Å². The number of carbonyl (C=O) groups excluding carboxylic acids is 3. The van der Waals surface area contributed by atoms with Crippen LogP contribution in [0.25, 0.3) is 0 Å². The van der Waals surface area contributed by atoms with Crippen molar-refractivity contribution in [3.63, 3.8) is 0 Å². The number of carbonyl (C=O) groups is 3. The maximum atomic E-state index is 13.8. The van der Waals surface area contributed by atoms with Crippen LogP contribution >= 0.6 is 0 Å². The molecule has 0 aliphatic heterocycles. The molecule has 0 spiro atoms. The molecule has 0 aromatic heterocycles. The van der Waals surface area contributed by atoms with Gasteiger partial charge in [0, 0.05) is 13.0 Å². The summed E-state index contributed by atoms with van der Waals surface area (Å²) in [6.07, 6.45) is 0.355. The molecule has 0 aliphatic rings. The minimum atomic E-state index is -0.884. The van der Waals surface area contributed by atoms with E-state index in [4.69, 9.17) is 5.73 Å². The summed E-state index contributed by atoms with van der Waals surface area (Å²) in [6.45, 7) is 0.237. The minimum absolute atomic E-state index is 0.145. The zero-order valence-electron chi connectivity index (χ0n) is 21.9. The van der Waals surface area contributed by atoms with Gasteiger partial charge in [-0.25, -0.2) is 0 Å². The summed E-state index contributed by atoms with van der Waals surface area (Å²) in [5, 5.41) is 15.2. The van der Waals surface area contributed by atoms with Crippen molar-refractivity contribution in [1.82, 2.24) is 10.6 Å². The number of hydrogen-bond donors (Lipinski definition) is 3. The molecular formula is C33H30N4O3. The normalized spacial score (nSPS) is 11.3. The van der Waals surface area contributed by atoms with Crippen LogP contribution in [0.5, 0.6) is 0 Å². The lowest BCUT2D eigenvalue weighted by atomic mass is 9.90. The Hall–Kier alpha value is -5.22. The van der Waals surface area contributed by atoms with E-state index in [1.165, 1.54) is 0 Å².